The Morgan fingerprint density at radius 3 is 2.71 bits per heavy atom. The smallest absolute Gasteiger partial charge is 0.146 e. The minimum absolute atomic E-state index is 0.131. The average molecular weight is 236 g/mol. The van der Waals surface area contributed by atoms with E-state index in [9.17, 15) is 4.39 Å². The van der Waals surface area contributed by atoms with Crippen LogP contribution in [0.2, 0.25) is 0 Å². The van der Waals surface area contributed by atoms with E-state index in [2.05, 4.69) is 11.8 Å². The maximum absolute atomic E-state index is 14.0. The Morgan fingerprint density at radius 1 is 1.47 bits per heavy atom. The normalized spacial score (nSPS) is 16.9. The van der Waals surface area contributed by atoms with Gasteiger partial charge in [-0.25, -0.2) is 4.39 Å². The molecule has 0 aromatic heterocycles. The van der Waals surface area contributed by atoms with Crippen LogP contribution < -0.4 is 10.6 Å². The Balaban J connectivity index is 2.32. The summed E-state index contributed by atoms with van der Waals surface area (Å²) < 4.78 is 14.0. The van der Waals surface area contributed by atoms with Gasteiger partial charge in [0.25, 0.3) is 0 Å². The molecule has 1 aromatic rings. The fourth-order valence-corrected chi connectivity index (χ4v) is 2.22. The van der Waals surface area contributed by atoms with Gasteiger partial charge in [-0.1, -0.05) is 12.1 Å². The second kappa shape index (κ2) is 5.05. The van der Waals surface area contributed by atoms with Crippen molar-refractivity contribution in [2.75, 3.05) is 18.0 Å². The van der Waals surface area contributed by atoms with Gasteiger partial charge in [0.1, 0.15) is 5.82 Å². The average Bonchev–Trinajstić information content (AvgIpc) is 3.10. The zero-order chi connectivity index (χ0) is 12.4. The number of hydrogen-bond acceptors (Lipinski definition) is 2. The van der Waals surface area contributed by atoms with Crippen LogP contribution in [-0.2, 0) is 0 Å². The molecular weight excluding hydrogens is 215 g/mol. The monoisotopic (exact) mass is 236 g/mol. The van der Waals surface area contributed by atoms with Crippen molar-refractivity contribution >= 4 is 5.69 Å². The maximum Gasteiger partial charge on any atom is 0.146 e. The van der Waals surface area contributed by atoms with E-state index in [1.165, 1.54) is 18.9 Å². The van der Waals surface area contributed by atoms with E-state index in [1.54, 1.807) is 6.07 Å². The van der Waals surface area contributed by atoms with Gasteiger partial charge in [0, 0.05) is 19.1 Å². The first-order valence-corrected chi connectivity index (χ1v) is 6.42. The van der Waals surface area contributed by atoms with Gasteiger partial charge < -0.3 is 10.6 Å². The standard InChI is InChI=1S/C14H21FN2/c1-3-17(9-11-7-8-11)14-12(10(2)16)5-4-6-13(14)15/h4-6,10-11H,3,7-9,16H2,1-2H3/t10-/m0/s1. The number of rotatable bonds is 5. The largest absolute Gasteiger partial charge is 0.369 e. The van der Waals surface area contributed by atoms with Gasteiger partial charge in [-0.3, -0.25) is 0 Å². The highest BCUT2D eigenvalue weighted by atomic mass is 19.1. The van der Waals surface area contributed by atoms with Crippen LogP contribution in [0.4, 0.5) is 10.1 Å². The van der Waals surface area contributed by atoms with E-state index in [-0.39, 0.29) is 11.9 Å². The van der Waals surface area contributed by atoms with Crippen LogP contribution in [0.3, 0.4) is 0 Å². The number of halogens is 1. The van der Waals surface area contributed by atoms with Crippen molar-refractivity contribution in [1.29, 1.82) is 0 Å². The Hall–Kier alpha value is -1.09. The molecule has 0 saturated heterocycles. The molecule has 2 nitrogen and oxygen atoms in total. The second-order valence-electron chi connectivity index (χ2n) is 4.95. The molecule has 0 aliphatic heterocycles. The zero-order valence-corrected chi connectivity index (χ0v) is 10.6. The molecule has 1 aliphatic carbocycles. The minimum Gasteiger partial charge on any atom is -0.369 e. The highest BCUT2D eigenvalue weighted by Crippen LogP contribution is 2.34. The summed E-state index contributed by atoms with van der Waals surface area (Å²) >= 11 is 0. The quantitative estimate of drug-likeness (QED) is 0.851. The summed E-state index contributed by atoms with van der Waals surface area (Å²) in [7, 11) is 0. The fraction of sp³-hybridized carbons (Fsp3) is 0.571. The van der Waals surface area contributed by atoms with Crippen LogP contribution in [0.25, 0.3) is 0 Å². The second-order valence-corrected chi connectivity index (χ2v) is 4.95. The molecule has 1 saturated carbocycles. The fourth-order valence-electron chi connectivity index (χ4n) is 2.22. The lowest BCUT2D eigenvalue weighted by atomic mass is 10.0. The lowest BCUT2D eigenvalue weighted by Crippen LogP contribution is -2.28. The Labute approximate surface area is 103 Å². The number of para-hydroxylation sites is 1. The summed E-state index contributed by atoms with van der Waals surface area (Å²) in [4.78, 5) is 2.13. The SMILES string of the molecule is CCN(CC1CC1)c1c(F)cccc1[C@H](C)N. The molecular formula is C14H21FN2. The molecule has 0 radical (unpaired) electrons. The van der Waals surface area contributed by atoms with Gasteiger partial charge in [-0.2, -0.15) is 0 Å². The van der Waals surface area contributed by atoms with E-state index in [1.807, 2.05) is 13.0 Å². The molecule has 0 heterocycles. The third kappa shape index (κ3) is 2.78. The lowest BCUT2D eigenvalue weighted by Gasteiger charge is -2.27. The molecule has 1 aromatic carbocycles. The predicted molar refractivity (Wildman–Crippen MR) is 69.6 cm³/mol. The molecule has 1 atom stereocenters. The number of nitrogens with two attached hydrogens (primary N) is 1. The molecule has 1 aliphatic rings. The van der Waals surface area contributed by atoms with Crippen molar-refractivity contribution in [1.82, 2.24) is 0 Å². The van der Waals surface area contributed by atoms with E-state index in [0.717, 1.165) is 24.6 Å². The van der Waals surface area contributed by atoms with Crippen LogP contribution in [0.15, 0.2) is 18.2 Å². The van der Waals surface area contributed by atoms with Gasteiger partial charge in [0.2, 0.25) is 0 Å². The first kappa shape index (κ1) is 12.4. The number of nitrogens with zero attached hydrogens (tertiary/aromatic N) is 1. The van der Waals surface area contributed by atoms with E-state index in [4.69, 9.17) is 5.73 Å². The number of benzene rings is 1. The zero-order valence-electron chi connectivity index (χ0n) is 10.6. The highest BCUT2D eigenvalue weighted by Gasteiger charge is 2.26. The van der Waals surface area contributed by atoms with Crippen LogP contribution in [-0.4, -0.2) is 13.1 Å². The summed E-state index contributed by atoms with van der Waals surface area (Å²) in [5.74, 6) is 0.595. The molecule has 1 fully saturated rings. The van der Waals surface area contributed by atoms with Gasteiger partial charge in [0.05, 0.1) is 5.69 Å². The van der Waals surface area contributed by atoms with Crippen LogP contribution in [0, 0.1) is 11.7 Å². The third-order valence-electron chi connectivity index (χ3n) is 3.38. The summed E-state index contributed by atoms with van der Waals surface area (Å²) in [6.07, 6.45) is 2.55. The van der Waals surface area contributed by atoms with Gasteiger partial charge in [-0.15, -0.1) is 0 Å². The van der Waals surface area contributed by atoms with Crippen molar-refractivity contribution in [2.24, 2.45) is 11.7 Å². The minimum atomic E-state index is -0.151. The van der Waals surface area contributed by atoms with Gasteiger partial charge >= 0.3 is 0 Å². The maximum atomic E-state index is 14.0. The summed E-state index contributed by atoms with van der Waals surface area (Å²) in [5.41, 5.74) is 7.54. The molecule has 0 unspecified atom stereocenters. The van der Waals surface area contributed by atoms with Crippen LogP contribution in [0.1, 0.15) is 38.3 Å². The lowest BCUT2D eigenvalue weighted by molar-refractivity contribution is 0.606. The molecule has 0 bridgehead atoms. The highest BCUT2D eigenvalue weighted by molar-refractivity contribution is 5.56. The van der Waals surface area contributed by atoms with Crippen molar-refractivity contribution in [3.63, 3.8) is 0 Å². The molecule has 0 amide bonds. The Morgan fingerprint density at radius 2 is 2.18 bits per heavy atom. The Bertz CT molecular complexity index is 386. The molecule has 94 valence electrons. The van der Waals surface area contributed by atoms with Crippen molar-refractivity contribution < 1.29 is 4.39 Å². The third-order valence-corrected chi connectivity index (χ3v) is 3.38. The van der Waals surface area contributed by atoms with E-state index >= 15 is 0 Å². The molecule has 2 N–H and O–H groups in total. The summed E-state index contributed by atoms with van der Waals surface area (Å²) in [5, 5.41) is 0. The number of hydrogen-bond donors (Lipinski definition) is 1. The van der Waals surface area contributed by atoms with Crippen molar-refractivity contribution in [3.8, 4) is 0 Å². The van der Waals surface area contributed by atoms with Gasteiger partial charge in [0.15, 0.2) is 0 Å². The molecule has 0 spiro atoms. The van der Waals surface area contributed by atoms with Crippen molar-refractivity contribution in [3.05, 3.63) is 29.6 Å². The first-order valence-electron chi connectivity index (χ1n) is 6.42. The van der Waals surface area contributed by atoms with Crippen LogP contribution >= 0.6 is 0 Å². The molecule has 2 rings (SSSR count). The van der Waals surface area contributed by atoms with Gasteiger partial charge in [-0.05, 0) is 44.2 Å². The van der Waals surface area contributed by atoms with E-state index in [0.29, 0.717) is 5.69 Å². The topological polar surface area (TPSA) is 29.3 Å². The van der Waals surface area contributed by atoms with Crippen molar-refractivity contribution in [2.45, 2.75) is 32.7 Å². The van der Waals surface area contributed by atoms with Crippen LogP contribution in [0.5, 0.6) is 0 Å². The summed E-state index contributed by atoms with van der Waals surface area (Å²) in [6.45, 7) is 5.76. The molecule has 3 heteroatoms. The predicted octanol–water partition coefficient (Wildman–Crippen LogP) is 3.08. The molecule has 17 heavy (non-hydrogen) atoms. The summed E-state index contributed by atoms with van der Waals surface area (Å²) in [6, 6.07) is 5.06. The van der Waals surface area contributed by atoms with E-state index < -0.39 is 0 Å². The Kier molecular flexibility index (Phi) is 3.67. The first-order chi connectivity index (χ1) is 8.13. The number of anilines is 1.